The van der Waals surface area contributed by atoms with Gasteiger partial charge in [-0.2, -0.15) is 0 Å². The van der Waals surface area contributed by atoms with Gasteiger partial charge in [0.2, 0.25) is 0 Å². The van der Waals surface area contributed by atoms with Crippen molar-refractivity contribution >= 4 is 12.0 Å². The lowest BCUT2D eigenvalue weighted by Gasteiger charge is -2.37. The zero-order valence-electron chi connectivity index (χ0n) is 14.0. The van der Waals surface area contributed by atoms with E-state index < -0.39 is 5.60 Å². The van der Waals surface area contributed by atoms with Crippen LogP contribution in [0.25, 0.3) is 6.08 Å². The predicted molar refractivity (Wildman–Crippen MR) is 96.5 cm³/mol. The SMILES string of the molecule is Cc1cccc(/C=C/C(=O)OC2(c3ccccc3)CCNCC2)c1. The van der Waals surface area contributed by atoms with Gasteiger partial charge in [-0.1, -0.05) is 60.2 Å². The molecular formula is C21H23NO2. The number of benzene rings is 2. The molecular weight excluding hydrogens is 298 g/mol. The van der Waals surface area contributed by atoms with Gasteiger partial charge in [-0.25, -0.2) is 4.79 Å². The number of carbonyl (C=O) groups excluding carboxylic acids is 1. The summed E-state index contributed by atoms with van der Waals surface area (Å²) in [6, 6.07) is 18.1. The summed E-state index contributed by atoms with van der Waals surface area (Å²) < 4.78 is 5.95. The maximum atomic E-state index is 12.4. The molecule has 1 saturated heterocycles. The summed E-state index contributed by atoms with van der Waals surface area (Å²) in [7, 11) is 0. The Morgan fingerprint density at radius 1 is 1.08 bits per heavy atom. The van der Waals surface area contributed by atoms with Crippen molar-refractivity contribution in [1.82, 2.24) is 5.32 Å². The summed E-state index contributed by atoms with van der Waals surface area (Å²) in [6.45, 7) is 3.74. The van der Waals surface area contributed by atoms with Gasteiger partial charge in [0, 0.05) is 18.9 Å². The second-order valence-electron chi connectivity index (χ2n) is 6.28. The molecule has 1 fully saturated rings. The molecule has 3 rings (SSSR count). The van der Waals surface area contributed by atoms with Crippen LogP contribution in [-0.4, -0.2) is 19.1 Å². The summed E-state index contributed by atoms with van der Waals surface area (Å²) in [5.41, 5.74) is 2.72. The van der Waals surface area contributed by atoms with Gasteiger partial charge in [-0.15, -0.1) is 0 Å². The van der Waals surface area contributed by atoms with E-state index in [9.17, 15) is 4.79 Å². The summed E-state index contributed by atoms with van der Waals surface area (Å²) in [5.74, 6) is -0.290. The zero-order valence-corrected chi connectivity index (χ0v) is 14.0. The Balaban J connectivity index is 1.76. The molecule has 0 unspecified atom stereocenters. The van der Waals surface area contributed by atoms with E-state index in [1.54, 1.807) is 0 Å². The van der Waals surface area contributed by atoms with Crippen LogP contribution in [0, 0.1) is 6.92 Å². The van der Waals surface area contributed by atoms with Crippen LogP contribution in [0.4, 0.5) is 0 Å². The van der Waals surface area contributed by atoms with E-state index in [-0.39, 0.29) is 5.97 Å². The molecule has 1 aliphatic rings. The number of rotatable bonds is 4. The summed E-state index contributed by atoms with van der Waals surface area (Å²) in [6.07, 6.45) is 4.93. The first-order valence-corrected chi connectivity index (χ1v) is 8.42. The largest absolute Gasteiger partial charge is 0.451 e. The van der Waals surface area contributed by atoms with Crippen molar-refractivity contribution in [3.05, 3.63) is 77.4 Å². The first-order chi connectivity index (χ1) is 11.7. The molecule has 124 valence electrons. The number of piperidine rings is 1. The van der Waals surface area contributed by atoms with E-state index >= 15 is 0 Å². The molecule has 0 aromatic heterocycles. The van der Waals surface area contributed by atoms with Crippen LogP contribution in [0.1, 0.15) is 29.5 Å². The van der Waals surface area contributed by atoms with E-state index in [0.717, 1.165) is 37.1 Å². The van der Waals surface area contributed by atoms with Crippen molar-refractivity contribution in [1.29, 1.82) is 0 Å². The number of nitrogens with one attached hydrogen (secondary N) is 1. The Kier molecular flexibility index (Phi) is 5.11. The minimum atomic E-state index is -0.527. The lowest BCUT2D eigenvalue weighted by atomic mass is 9.85. The number of carbonyl (C=O) groups is 1. The topological polar surface area (TPSA) is 38.3 Å². The van der Waals surface area contributed by atoms with E-state index in [0.29, 0.717) is 0 Å². The molecule has 0 atom stereocenters. The van der Waals surface area contributed by atoms with Gasteiger partial charge in [-0.05, 0) is 37.2 Å². The molecule has 24 heavy (non-hydrogen) atoms. The predicted octanol–water partition coefficient (Wildman–Crippen LogP) is 3.83. The highest BCUT2D eigenvalue weighted by atomic mass is 16.6. The fourth-order valence-corrected chi connectivity index (χ4v) is 3.19. The Bertz CT molecular complexity index is 716. The Labute approximate surface area is 143 Å². The Morgan fingerprint density at radius 3 is 2.54 bits per heavy atom. The van der Waals surface area contributed by atoms with Crippen LogP contribution < -0.4 is 5.32 Å². The average molecular weight is 321 g/mol. The van der Waals surface area contributed by atoms with Crippen LogP contribution in [0.5, 0.6) is 0 Å². The molecule has 1 aliphatic heterocycles. The highest BCUT2D eigenvalue weighted by molar-refractivity contribution is 5.87. The molecule has 1 heterocycles. The van der Waals surface area contributed by atoms with Crippen LogP contribution in [0.15, 0.2) is 60.7 Å². The van der Waals surface area contributed by atoms with Crippen molar-refractivity contribution in [2.45, 2.75) is 25.4 Å². The number of ether oxygens (including phenoxy) is 1. The van der Waals surface area contributed by atoms with Gasteiger partial charge in [0.25, 0.3) is 0 Å². The van der Waals surface area contributed by atoms with Gasteiger partial charge in [0.05, 0.1) is 0 Å². The van der Waals surface area contributed by atoms with Gasteiger partial charge in [0.15, 0.2) is 0 Å². The van der Waals surface area contributed by atoms with Crippen LogP contribution >= 0.6 is 0 Å². The second-order valence-corrected chi connectivity index (χ2v) is 6.28. The maximum absolute atomic E-state index is 12.4. The third-order valence-electron chi connectivity index (χ3n) is 4.46. The molecule has 3 heteroatoms. The normalized spacial score (nSPS) is 16.9. The van der Waals surface area contributed by atoms with E-state index in [1.165, 1.54) is 11.6 Å². The van der Waals surface area contributed by atoms with Crippen LogP contribution in [0.2, 0.25) is 0 Å². The molecule has 0 saturated carbocycles. The third-order valence-corrected chi connectivity index (χ3v) is 4.46. The highest BCUT2D eigenvalue weighted by Crippen LogP contribution is 2.35. The molecule has 0 radical (unpaired) electrons. The number of esters is 1. The second kappa shape index (κ2) is 7.45. The molecule has 0 spiro atoms. The van der Waals surface area contributed by atoms with Crippen LogP contribution in [-0.2, 0) is 15.1 Å². The lowest BCUT2D eigenvalue weighted by Crippen LogP contribution is -2.42. The zero-order chi connectivity index (χ0) is 16.8. The number of hydrogen-bond acceptors (Lipinski definition) is 3. The molecule has 0 bridgehead atoms. The minimum Gasteiger partial charge on any atom is -0.451 e. The number of hydrogen-bond donors (Lipinski definition) is 1. The van der Waals surface area contributed by atoms with Crippen molar-refractivity contribution in [2.75, 3.05) is 13.1 Å². The van der Waals surface area contributed by atoms with Gasteiger partial charge < -0.3 is 10.1 Å². The minimum absolute atomic E-state index is 0.290. The first kappa shape index (κ1) is 16.5. The molecule has 2 aromatic rings. The lowest BCUT2D eigenvalue weighted by molar-refractivity contribution is -0.157. The average Bonchev–Trinajstić information content (AvgIpc) is 2.62. The smallest absolute Gasteiger partial charge is 0.331 e. The molecule has 2 aromatic carbocycles. The van der Waals surface area contributed by atoms with Crippen molar-refractivity contribution in [3.8, 4) is 0 Å². The number of aryl methyl sites for hydroxylation is 1. The molecule has 3 nitrogen and oxygen atoms in total. The van der Waals surface area contributed by atoms with E-state index in [4.69, 9.17) is 4.74 Å². The van der Waals surface area contributed by atoms with E-state index in [2.05, 4.69) is 5.32 Å². The van der Waals surface area contributed by atoms with Gasteiger partial charge in [0.1, 0.15) is 5.60 Å². The standard InChI is InChI=1S/C21H23NO2/c1-17-6-5-7-18(16-17)10-11-20(23)24-21(12-14-22-15-13-21)19-8-3-2-4-9-19/h2-11,16,22H,12-15H2,1H3/b11-10+. The Hall–Kier alpha value is -2.39. The quantitative estimate of drug-likeness (QED) is 0.687. The summed E-state index contributed by atoms with van der Waals surface area (Å²) in [5, 5.41) is 3.34. The maximum Gasteiger partial charge on any atom is 0.331 e. The fourth-order valence-electron chi connectivity index (χ4n) is 3.19. The fraction of sp³-hybridized carbons (Fsp3) is 0.286. The van der Waals surface area contributed by atoms with Crippen LogP contribution in [0.3, 0.4) is 0 Å². The summed E-state index contributed by atoms with van der Waals surface area (Å²) in [4.78, 5) is 12.4. The highest BCUT2D eigenvalue weighted by Gasteiger charge is 2.37. The summed E-state index contributed by atoms with van der Waals surface area (Å²) >= 11 is 0. The first-order valence-electron chi connectivity index (χ1n) is 8.42. The molecule has 1 N–H and O–H groups in total. The van der Waals surface area contributed by atoms with E-state index in [1.807, 2.05) is 67.6 Å². The van der Waals surface area contributed by atoms with Crippen molar-refractivity contribution < 1.29 is 9.53 Å². The van der Waals surface area contributed by atoms with Gasteiger partial charge >= 0.3 is 5.97 Å². The van der Waals surface area contributed by atoms with Gasteiger partial charge in [-0.3, -0.25) is 0 Å². The Morgan fingerprint density at radius 2 is 1.83 bits per heavy atom. The third kappa shape index (κ3) is 3.92. The van der Waals surface area contributed by atoms with Crippen molar-refractivity contribution in [3.63, 3.8) is 0 Å². The molecule has 0 amide bonds. The van der Waals surface area contributed by atoms with Crippen molar-refractivity contribution in [2.24, 2.45) is 0 Å². The molecule has 0 aliphatic carbocycles. The monoisotopic (exact) mass is 321 g/mol.